The van der Waals surface area contributed by atoms with Crippen LogP contribution in [0.25, 0.3) is 0 Å². The van der Waals surface area contributed by atoms with Gasteiger partial charge in [-0.05, 0) is 5.56 Å². The van der Waals surface area contributed by atoms with Crippen molar-refractivity contribution in [3.8, 4) is 17.2 Å². The Balaban J connectivity index is 1.74. The lowest BCUT2D eigenvalue weighted by Crippen LogP contribution is -2.06. The van der Waals surface area contributed by atoms with Gasteiger partial charge in [0, 0.05) is 18.6 Å². The second-order valence-electron chi connectivity index (χ2n) is 4.59. The fourth-order valence-electron chi connectivity index (χ4n) is 2.13. The summed E-state index contributed by atoms with van der Waals surface area (Å²) in [5, 5.41) is 9.24. The Hall–Kier alpha value is -2.69. The summed E-state index contributed by atoms with van der Waals surface area (Å²) in [5.41, 5.74) is 1.21. The maximum Gasteiger partial charge on any atom is 0.339 e. The van der Waals surface area contributed by atoms with Crippen LogP contribution in [0.1, 0.15) is 15.9 Å². The third kappa shape index (κ3) is 2.91. The minimum absolute atomic E-state index is 0.0762. The monoisotopic (exact) mass is 286 g/mol. The van der Waals surface area contributed by atoms with Gasteiger partial charge in [-0.2, -0.15) is 0 Å². The molecule has 1 aliphatic rings. The Labute approximate surface area is 121 Å². The third-order valence-electron chi connectivity index (χ3n) is 3.20. The number of benzene rings is 2. The number of carbonyl (C=O) groups is 1. The average Bonchev–Trinajstić information content (AvgIpc) is 2.94. The molecular weight excluding hydrogens is 272 g/mol. The van der Waals surface area contributed by atoms with E-state index >= 15 is 0 Å². The summed E-state index contributed by atoms with van der Waals surface area (Å²) in [6.45, 7) is 0.492. The van der Waals surface area contributed by atoms with Crippen molar-refractivity contribution in [2.45, 2.75) is 6.42 Å². The summed E-state index contributed by atoms with van der Waals surface area (Å²) in [4.78, 5) is 11.3. The van der Waals surface area contributed by atoms with E-state index < -0.39 is 5.97 Å². The maximum absolute atomic E-state index is 11.3. The Morgan fingerprint density at radius 2 is 1.86 bits per heavy atom. The highest BCUT2D eigenvalue weighted by atomic mass is 16.7. The van der Waals surface area contributed by atoms with Crippen molar-refractivity contribution in [1.29, 1.82) is 0 Å². The molecule has 2 aromatic carbocycles. The summed E-state index contributed by atoms with van der Waals surface area (Å²) in [6.07, 6.45) is 0.703. The van der Waals surface area contributed by atoms with Crippen LogP contribution in [-0.4, -0.2) is 24.5 Å². The highest BCUT2D eigenvalue weighted by Crippen LogP contribution is 2.38. The topological polar surface area (TPSA) is 65.0 Å². The predicted molar refractivity (Wildman–Crippen MR) is 75.2 cm³/mol. The number of carboxylic acid groups (broad SMARTS) is 1. The number of carboxylic acids is 1. The Bertz CT molecular complexity index is 651. The highest BCUT2D eigenvalue weighted by molar-refractivity contribution is 5.92. The molecule has 0 aliphatic carbocycles. The normalized spacial score (nSPS) is 12.2. The molecular formula is C16H14O5. The second-order valence-corrected chi connectivity index (χ2v) is 4.59. The zero-order valence-corrected chi connectivity index (χ0v) is 11.2. The van der Waals surface area contributed by atoms with E-state index in [0.717, 1.165) is 5.56 Å². The van der Waals surface area contributed by atoms with Crippen molar-refractivity contribution >= 4 is 5.97 Å². The van der Waals surface area contributed by atoms with Crippen LogP contribution >= 0.6 is 0 Å². The van der Waals surface area contributed by atoms with Crippen LogP contribution in [0.5, 0.6) is 17.2 Å². The van der Waals surface area contributed by atoms with E-state index in [0.29, 0.717) is 30.3 Å². The molecule has 1 N–H and O–H groups in total. The summed E-state index contributed by atoms with van der Waals surface area (Å²) in [5.74, 6) is 0.184. The summed E-state index contributed by atoms with van der Waals surface area (Å²) < 4.78 is 16.0. The van der Waals surface area contributed by atoms with E-state index in [4.69, 9.17) is 14.2 Å². The molecule has 0 saturated heterocycles. The predicted octanol–water partition coefficient (Wildman–Crippen LogP) is 2.74. The van der Waals surface area contributed by atoms with Crippen molar-refractivity contribution < 1.29 is 24.1 Å². The lowest BCUT2D eigenvalue weighted by atomic mass is 10.1. The number of hydrogen-bond acceptors (Lipinski definition) is 4. The van der Waals surface area contributed by atoms with Gasteiger partial charge < -0.3 is 19.3 Å². The van der Waals surface area contributed by atoms with Crippen molar-refractivity contribution in [2.75, 3.05) is 13.4 Å². The summed E-state index contributed by atoms with van der Waals surface area (Å²) in [6, 6.07) is 12.9. The molecule has 5 heteroatoms. The maximum atomic E-state index is 11.3. The summed E-state index contributed by atoms with van der Waals surface area (Å²) in [7, 11) is 0. The number of aromatic carboxylic acids is 1. The van der Waals surface area contributed by atoms with E-state index in [1.807, 2.05) is 30.3 Å². The molecule has 5 nitrogen and oxygen atoms in total. The second kappa shape index (κ2) is 5.75. The molecule has 0 unspecified atom stereocenters. The Morgan fingerprint density at radius 1 is 1.14 bits per heavy atom. The largest absolute Gasteiger partial charge is 0.492 e. The van der Waals surface area contributed by atoms with E-state index in [1.165, 1.54) is 6.07 Å². The number of ether oxygens (including phenoxy) is 3. The van der Waals surface area contributed by atoms with Crippen molar-refractivity contribution in [3.05, 3.63) is 53.6 Å². The fraction of sp³-hybridized carbons (Fsp3) is 0.188. The smallest absolute Gasteiger partial charge is 0.339 e. The quantitative estimate of drug-likeness (QED) is 0.915. The first-order valence-electron chi connectivity index (χ1n) is 6.58. The third-order valence-corrected chi connectivity index (χ3v) is 3.20. The molecule has 0 amide bonds. The summed E-state index contributed by atoms with van der Waals surface area (Å²) >= 11 is 0. The Kier molecular flexibility index (Phi) is 3.64. The molecule has 0 radical (unpaired) electrons. The van der Waals surface area contributed by atoms with Gasteiger partial charge >= 0.3 is 5.97 Å². The molecule has 0 bridgehead atoms. The fourth-order valence-corrected chi connectivity index (χ4v) is 2.13. The molecule has 0 spiro atoms. The minimum Gasteiger partial charge on any atom is -0.492 e. The molecule has 1 heterocycles. The van der Waals surface area contributed by atoms with E-state index in [1.54, 1.807) is 6.07 Å². The van der Waals surface area contributed by atoms with Crippen LogP contribution in [-0.2, 0) is 6.42 Å². The first kappa shape index (κ1) is 13.3. The van der Waals surface area contributed by atoms with Gasteiger partial charge in [0.2, 0.25) is 6.79 Å². The average molecular weight is 286 g/mol. The van der Waals surface area contributed by atoms with Gasteiger partial charge in [-0.25, -0.2) is 4.79 Å². The minimum atomic E-state index is -1.05. The van der Waals surface area contributed by atoms with Crippen LogP contribution in [0.3, 0.4) is 0 Å². The number of fused-ring (bicyclic) bond motifs is 1. The molecule has 3 rings (SSSR count). The SMILES string of the molecule is O=C(O)c1cc2c(cc1OCCc1ccccc1)OCO2. The van der Waals surface area contributed by atoms with E-state index in [2.05, 4.69) is 0 Å². The van der Waals surface area contributed by atoms with Crippen LogP contribution in [0.4, 0.5) is 0 Å². The molecule has 2 aromatic rings. The lowest BCUT2D eigenvalue weighted by Gasteiger charge is -2.10. The van der Waals surface area contributed by atoms with E-state index in [-0.39, 0.29) is 12.4 Å². The number of rotatable bonds is 5. The van der Waals surface area contributed by atoms with Gasteiger partial charge in [0.05, 0.1) is 6.61 Å². The van der Waals surface area contributed by atoms with Gasteiger partial charge in [0.25, 0.3) is 0 Å². The van der Waals surface area contributed by atoms with E-state index in [9.17, 15) is 9.90 Å². The molecule has 21 heavy (non-hydrogen) atoms. The van der Waals surface area contributed by atoms with Crippen LogP contribution in [0.15, 0.2) is 42.5 Å². The zero-order chi connectivity index (χ0) is 14.7. The van der Waals surface area contributed by atoms with Crippen molar-refractivity contribution in [3.63, 3.8) is 0 Å². The molecule has 1 aliphatic heterocycles. The van der Waals surface area contributed by atoms with Gasteiger partial charge in [-0.15, -0.1) is 0 Å². The van der Waals surface area contributed by atoms with Crippen LogP contribution < -0.4 is 14.2 Å². The molecule has 0 atom stereocenters. The standard InChI is InChI=1S/C16H14O5/c17-16(18)12-8-14-15(21-10-20-14)9-13(12)19-7-6-11-4-2-1-3-5-11/h1-5,8-9H,6-7,10H2,(H,17,18). The zero-order valence-electron chi connectivity index (χ0n) is 11.2. The molecule has 0 saturated carbocycles. The molecule has 108 valence electrons. The first-order chi connectivity index (χ1) is 10.2. The highest BCUT2D eigenvalue weighted by Gasteiger charge is 2.21. The first-order valence-corrected chi connectivity index (χ1v) is 6.58. The lowest BCUT2D eigenvalue weighted by molar-refractivity contribution is 0.0692. The Morgan fingerprint density at radius 3 is 2.57 bits per heavy atom. The van der Waals surface area contributed by atoms with Crippen LogP contribution in [0, 0.1) is 0 Å². The van der Waals surface area contributed by atoms with Crippen molar-refractivity contribution in [2.24, 2.45) is 0 Å². The van der Waals surface area contributed by atoms with Gasteiger partial charge in [0.15, 0.2) is 11.5 Å². The molecule has 0 aromatic heterocycles. The number of hydrogen-bond donors (Lipinski definition) is 1. The van der Waals surface area contributed by atoms with Gasteiger partial charge in [-0.1, -0.05) is 30.3 Å². The van der Waals surface area contributed by atoms with Crippen LogP contribution in [0.2, 0.25) is 0 Å². The van der Waals surface area contributed by atoms with Gasteiger partial charge in [-0.3, -0.25) is 0 Å². The van der Waals surface area contributed by atoms with Crippen molar-refractivity contribution in [1.82, 2.24) is 0 Å². The molecule has 0 fully saturated rings. The van der Waals surface area contributed by atoms with Gasteiger partial charge in [0.1, 0.15) is 11.3 Å².